The van der Waals surface area contributed by atoms with Gasteiger partial charge in [-0.25, -0.2) is 4.79 Å². The van der Waals surface area contributed by atoms with E-state index in [4.69, 9.17) is 16.2 Å². The van der Waals surface area contributed by atoms with Gasteiger partial charge in [0, 0.05) is 19.6 Å². The zero-order chi connectivity index (χ0) is 30.2. The lowest BCUT2D eigenvalue weighted by molar-refractivity contribution is -0.147. The van der Waals surface area contributed by atoms with E-state index >= 15 is 0 Å². The van der Waals surface area contributed by atoms with Crippen LogP contribution >= 0.6 is 0 Å². The average Bonchev–Trinajstić information content (AvgIpc) is 3.27. The summed E-state index contributed by atoms with van der Waals surface area (Å²) in [5, 5.41) is 23.0. The molecule has 0 aromatic heterocycles. The summed E-state index contributed by atoms with van der Waals surface area (Å²) in [6.45, 7) is 9.86. The number of nitrogens with one attached hydrogen (secondary N) is 1. The Kier molecular flexibility index (Phi) is 12.3. The Bertz CT molecular complexity index is 895. The van der Waals surface area contributed by atoms with Crippen LogP contribution in [0.5, 0.6) is 0 Å². The van der Waals surface area contributed by atoms with E-state index in [1.807, 2.05) is 0 Å². The van der Waals surface area contributed by atoms with Gasteiger partial charge in [-0.05, 0) is 124 Å². The summed E-state index contributed by atoms with van der Waals surface area (Å²) < 4.78 is 5.18. The van der Waals surface area contributed by atoms with Crippen molar-refractivity contribution in [3.63, 3.8) is 0 Å². The minimum Gasteiger partial charge on any atom is -0.464 e. The van der Waals surface area contributed by atoms with Crippen LogP contribution in [0.15, 0.2) is 4.99 Å². The molecule has 0 saturated heterocycles. The normalized spacial score (nSPS) is 34.7. The van der Waals surface area contributed by atoms with E-state index in [1.54, 1.807) is 6.92 Å². The molecule has 9 unspecified atom stereocenters. The molecule has 9 heteroatoms. The summed E-state index contributed by atoms with van der Waals surface area (Å²) in [7, 11) is 0. The maximum atomic E-state index is 12.9. The van der Waals surface area contributed by atoms with E-state index in [9.17, 15) is 19.8 Å². The van der Waals surface area contributed by atoms with Crippen LogP contribution in [-0.4, -0.2) is 60.0 Å². The van der Waals surface area contributed by atoms with Crippen LogP contribution < -0.4 is 16.8 Å². The molecule has 7 N–H and O–H groups in total. The highest BCUT2D eigenvalue weighted by Gasteiger charge is 2.54. The molecule has 0 bridgehead atoms. The third-order valence-electron chi connectivity index (χ3n) is 11.5. The van der Waals surface area contributed by atoms with Crippen molar-refractivity contribution in [1.29, 1.82) is 0 Å². The Morgan fingerprint density at radius 2 is 1.76 bits per heavy atom. The molecule has 9 atom stereocenters. The number of hydrogen-bond acceptors (Lipinski definition) is 6. The van der Waals surface area contributed by atoms with E-state index in [1.165, 1.54) is 32.1 Å². The maximum absolute atomic E-state index is 12.9. The molecule has 3 aliphatic carbocycles. The number of nitrogens with zero attached hydrogens (tertiary/aromatic N) is 1. The molecule has 3 rings (SSSR count). The topological polar surface area (TPSA) is 160 Å². The van der Waals surface area contributed by atoms with Crippen molar-refractivity contribution in [3.8, 4) is 0 Å². The molecule has 0 radical (unpaired) electrons. The van der Waals surface area contributed by atoms with Gasteiger partial charge in [0.05, 0.1) is 12.7 Å². The first-order valence-corrected chi connectivity index (χ1v) is 16.2. The van der Waals surface area contributed by atoms with Crippen LogP contribution in [0, 0.1) is 40.4 Å². The lowest BCUT2D eigenvalue weighted by Gasteiger charge is -2.54. The second kappa shape index (κ2) is 15.0. The number of guanidine groups is 1. The van der Waals surface area contributed by atoms with E-state index in [-0.39, 0.29) is 36.6 Å². The van der Waals surface area contributed by atoms with E-state index in [2.05, 4.69) is 31.1 Å². The quantitative estimate of drug-likeness (QED) is 0.0904. The molecule has 3 aliphatic rings. The molecule has 0 spiro atoms. The predicted molar refractivity (Wildman–Crippen MR) is 162 cm³/mol. The summed E-state index contributed by atoms with van der Waals surface area (Å²) in [6, 6.07) is -0.687. The highest BCUT2D eigenvalue weighted by atomic mass is 16.5. The van der Waals surface area contributed by atoms with Crippen LogP contribution in [0.3, 0.4) is 0 Å². The van der Waals surface area contributed by atoms with Crippen molar-refractivity contribution < 1.29 is 24.5 Å². The Labute approximate surface area is 247 Å². The van der Waals surface area contributed by atoms with Crippen LogP contribution in [0.25, 0.3) is 0 Å². The summed E-state index contributed by atoms with van der Waals surface area (Å²) >= 11 is 0. The van der Waals surface area contributed by atoms with Crippen molar-refractivity contribution in [2.75, 3.05) is 19.8 Å². The number of hydrogen-bond donors (Lipinski definition) is 5. The first-order chi connectivity index (χ1) is 19.4. The summed E-state index contributed by atoms with van der Waals surface area (Å²) in [4.78, 5) is 29.3. The van der Waals surface area contributed by atoms with E-state index < -0.39 is 12.0 Å². The molecule has 0 aliphatic heterocycles. The molecule has 0 aromatic carbocycles. The van der Waals surface area contributed by atoms with Crippen LogP contribution in [0.4, 0.5) is 0 Å². The lowest BCUT2D eigenvalue weighted by atomic mass is 9.51. The van der Waals surface area contributed by atoms with Gasteiger partial charge >= 0.3 is 5.97 Å². The number of carbonyl (C=O) groups excluding carboxylic acids is 2. The standard InChI is InChI=1S/C32H58N4O5/c1-5-41-29(40)27(7-6-17-35-30(33)34)36-28(39)11-8-21(2)26-10-9-22-19-23(12-15-32(22,26)4)31(3)16-13-25(38)20-24(31)14-18-37/h21-27,37-38H,5-20H2,1-4H3,(H,36,39)(H4,33,34,35). The fourth-order valence-corrected chi connectivity index (χ4v) is 8.96. The summed E-state index contributed by atoms with van der Waals surface area (Å²) in [6.07, 6.45) is 11.7. The fourth-order valence-electron chi connectivity index (χ4n) is 8.96. The van der Waals surface area contributed by atoms with Crippen molar-refractivity contribution in [1.82, 2.24) is 5.32 Å². The van der Waals surface area contributed by atoms with Gasteiger partial charge in [0.2, 0.25) is 5.91 Å². The van der Waals surface area contributed by atoms with Gasteiger partial charge in [0.25, 0.3) is 0 Å². The number of rotatable bonds is 14. The van der Waals surface area contributed by atoms with Crippen LogP contribution in [0.1, 0.15) is 111 Å². The molecular formula is C32H58N4O5. The highest BCUT2D eigenvalue weighted by Crippen LogP contribution is 2.63. The third-order valence-corrected chi connectivity index (χ3v) is 11.5. The zero-order valence-corrected chi connectivity index (χ0v) is 26.1. The smallest absolute Gasteiger partial charge is 0.328 e. The molecular weight excluding hydrogens is 520 g/mol. The molecule has 9 nitrogen and oxygen atoms in total. The van der Waals surface area contributed by atoms with Gasteiger partial charge in [0.15, 0.2) is 5.96 Å². The number of aliphatic imine (C=N–C) groups is 1. The van der Waals surface area contributed by atoms with Gasteiger partial charge in [-0.15, -0.1) is 0 Å². The number of aliphatic hydroxyl groups is 2. The highest BCUT2D eigenvalue weighted by molar-refractivity contribution is 5.84. The van der Waals surface area contributed by atoms with Crippen molar-refractivity contribution in [2.45, 2.75) is 123 Å². The molecule has 1 amide bonds. The Morgan fingerprint density at radius 1 is 1.05 bits per heavy atom. The van der Waals surface area contributed by atoms with Crippen LogP contribution in [0.2, 0.25) is 0 Å². The average molecular weight is 579 g/mol. The van der Waals surface area contributed by atoms with Crippen LogP contribution in [-0.2, 0) is 14.3 Å². The van der Waals surface area contributed by atoms with Crippen molar-refractivity contribution >= 4 is 17.8 Å². The van der Waals surface area contributed by atoms with Gasteiger partial charge in [-0.3, -0.25) is 9.79 Å². The third kappa shape index (κ3) is 8.37. The van der Waals surface area contributed by atoms with Gasteiger partial charge in [0.1, 0.15) is 6.04 Å². The summed E-state index contributed by atoms with van der Waals surface area (Å²) in [5.74, 6) is 2.25. The number of aliphatic hydroxyl groups excluding tert-OH is 2. The molecule has 3 fully saturated rings. The number of carbonyl (C=O) groups is 2. The summed E-state index contributed by atoms with van der Waals surface area (Å²) in [5.41, 5.74) is 11.3. The number of nitrogens with two attached hydrogens (primary N) is 2. The molecule has 0 heterocycles. The SMILES string of the molecule is CCOC(=O)C(CCCN=C(N)N)NC(=O)CCC(C)C1CCC2CC(C3(C)CCC(O)CC3CCO)CCC21C. The second-order valence-corrected chi connectivity index (χ2v) is 13.8. The minimum absolute atomic E-state index is 0.0148. The molecule has 236 valence electrons. The van der Waals surface area contributed by atoms with Gasteiger partial charge in [-0.2, -0.15) is 0 Å². The predicted octanol–water partition coefficient (Wildman–Crippen LogP) is 3.89. The largest absolute Gasteiger partial charge is 0.464 e. The Balaban J connectivity index is 1.54. The number of ether oxygens (including phenoxy) is 1. The number of esters is 1. The molecule has 0 aromatic rings. The number of fused-ring (bicyclic) bond motifs is 1. The molecule has 41 heavy (non-hydrogen) atoms. The minimum atomic E-state index is -0.687. The van der Waals surface area contributed by atoms with E-state index in [0.717, 1.165) is 32.1 Å². The first-order valence-electron chi connectivity index (χ1n) is 16.2. The monoisotopic (exact) mass is 578 g/mol. The fraction of sp³-hybridized carbons (Fsp3) is 0.906. The van der Waals surface area contributed by atoms with Gasteiger partial charge in [-0.1, -0.05) is 20.8 Å². The lowest BCUT2D eigenvalue weighted by Crippen LogP contribution is -2.47. The van der Waals surface area contributed by atoms with Crippen molar-refractivity contribution in [2.24, 2.45) is 56.9 Å². The second-order valence-electron chi connectivity index (χ2n) is 13.8. The zero-order valence-electron chi connectivity index (χ0n) is 26.1. The van der Waals surface area contributed by atoms with E-state index in [0.29, 0.717) is 60.8 Å². The molecule has 3 saturated carbocycles. The Hall–Kier alpha value is -1.87. The number of amides is 1. The van der Waals surface area contributed by atoms with Gasteiger partial charge < -0.3 is 31.7 Å². The first kappa shape index (κ1) is 33.6. The Morgan fingerprint density at radius 3 is 2.44 bits per heavy atom. The van der Waals surface area contributed by atoms with Crippen molar-refractivity contribution in [3.05, 3.63) is 0 Å². The maximum Gasteiger partial charge on any atom is 0.328 e.